The van der Waals surface area contributed by atoms with E-state index in [0.717, 1.165) is 44.6 Å². The summed E-state index contributed by atoms with van der Waals surface area (Å²) in [5.74, 6) is 0.385. The highest BCUT2D eigenvalue weighted by atomic mass is 32.2. The van der Waals surface area contributed by atoms with E-state index in [9.17, 15) is 4.79 Å². The van der Waals surface area contributed by atoms with E-state index in [4.69, 9.17) is 10.1 Å². The highest BCUT2D eigenvalue weighted by Gasteiger charge is 2.36. The van der Waals surface area contributed by atoms with Gasteiger partial charge in [0.15, 0.2) is 5.84 Å². The highest BCUT2D eigenvalue weighted by molar-refractivity contribution is 8.27. The standard InChI is InChI=1S/C26H23N5O2S/c1-15-6-5-7-18(12-15)25-29-31-23(27)22(24(32)28-26(31)34-25)14-19-13-16(2)30(17(19)3)20-8-10-21(33-4)11-9-20/h5-14,27H,1-4H3/b22-14-,27-23?. The molecule has 1 amide bonds. The van der Waals surface area contributed by atoms with Gasteiger partial charge in [0.1, 0.15) is 10.8 Å². The van der Waals surface area contributed by atoms with E-state index in [1.807, 2.05) is 75.4 Å². The third-order valence-electron chi connectivity index (χ3n) is 5.82. The Morgan fingerprint density at radius 1 is 1.06 bits per heavy atom. The molecule has 7 nitrogen and oxygen atoms in total. The number of fused-ring (bicyclic) bond motifs is 1. The summed E-state index contributed by atoms with van der Waals surface area (Å²) in [4.78, 5) is 17.1. The van der Waals surface area contributed by atoms with Gasteiger partial charge in [-0.25, -0.2) is 0 Å². The molecule has 8 heteroatoms. The van der Waals surface area contributed by atoms with Gasteiger partial charge in [0.25, 0.3) is 5.91 Å². The molecule has 3 aromatic rings. The van der Waals surface area contributed by atoms with Gasteiger partial charge < -0.3 is 9.30 Å². The number of hydrazone groups is 1. The summed E-state index contributed by atoms with van der Waals surface area (Å²) >= 11 is 1.30. The van der Waals surface area contributed by atoms with Crippen LogP contribution in [0.3, 0.4) is 0 Å². The Labute approximate surface area is 202 Å². The maximum absolute atomic E-state index is 12.9. The fourth-order valence-corrected chi connectivity index (χ4v) is 4.99. The number of hydrogen-bond acceptors (Lipinski definition) is 5. The second-order valence-corrected chi connectivity index (χ2v) is 9.11. The summed E-state index contributed by atoms with van der Waals surface area (Å²) in [5, 5.41) is 15.9. The lowest BCUT2D eigenvalue weighted by molar-refractivity contribution is -0.114. The summed E-state index contributed by atoms with van der Waals surface area (Å²) in [7, 11) is 1.64. The van der Waals surface area contributed by atoms with Crippen LogP contribution in [0.2, 0.25) is 0 Å². The molecule has 5 rings (SSSR count). The number of aryl methyl sites for hydroxylation is 2. The summed E-state index contributed by atoms with van der Waals surface area (Å²) in [6, 6.07) is 17.8. The predicted octanol–water partition coefficient (Wildman–Crippen LogP) is 5.08. The number of benzene rings is 2. The molecule has 0 saturated carbocycles. The average molecular weight is 470 g/mol. The van der Waals surface area contributed by atoms with E-state index in [1.54, 1.807) is 13.2 Å². The van der Waals surface area contributed by atoms with E-state index in [0.29, 0.717) is 5.17 Å². The van der Waals surface area contributed by atoms with Crippen LogP contribution in [0.15, 0.2) is 70.3 Å². The summed E-state index contributed by atoms with van der Waals surface area (Å²) in [5.41, 5.74) is 6.11. The molecule has 1 N–H and O–H groups in total. The van der Waals surface area contributed by atoms with Crippen LogP contribution in [-0.4, -0.2) is 38.6 Å². The largest absolute Gasteiger partial charge is 0.497 e. The lowest BCUT2D eigenvalue weighted by Gasteiger charge is -2.20. The third-order valence-corrected chi connectivity index (χ3v) is 6.78. The fraction of sp³-hybridized carbons (Fsp3) is 0.154. The molecule has 0 unspecified atom stereocenters. The first-order chi connectivity index (χ1) is 16.4. The number of aromatic nitrogens is 1. The number of aliphatic imine (C=N–C) groups is 1. The summed E-state index contributed by atoms with van der Waals surface area (Å²) < 4.78 is 7.37. The van der Waals surface area contributed by atoms with Crippen molar-refractivity contribution >= 4 is 39.8 Å². The van der Waals surface area contributed by atoms with Gasteiger partial charge in [-0.15, -0.1) is 0 Å². The topological polar surface area (TPSA) is 83.0 Å². The lowest BCUT2D eigenvalue weighted by Crippen LogP contribution is -2.35. The van der Waals surface area contributed by atoms with Gasteiger partial charge in [-0.05, 0) is 80.6 Å². The molecule has 0 radical (unpaired) electrons. The van der Waals surface area contributed by atoms with Gasteiger partial charge in [-0.2, -0.15) is 15.1 Å². The second kappa shape index (κ2) is 8.46. The van der Waals surface area contributed by atoms with Crippen molar-refractivity contribution in [3.8, 4) is 11.4 Å². The molecule has 3 heterocycles. The van der Waals surface area contributed by atoms with Gasteiger partial charge in [0.05, 0.1) is 12.7 Å². The van der Waals surface area contributed by atoms with Gasteiger partial charge in [0.2, 0.25) is 5.17 Å². The average Bonchev–Trinajstić information content (AvgIpc) is 3.37. The number of nitrogens with zero attached hydrogens (tertiary/aromatic N) is 4. The number of thioether (sulfide) groups is 1. The number of amides is 1. The number of carbonyl (C=O) groups is 1. The fourth-order valence-electron chi connectivity index (χ4n) is 4.10. The number of ether oxygens (including phenoxy) is 1. The monoisotopic (exact) mass is 469 g/mol. The van der Waals surface area contributed by atoms with Crippen LogP contribution in [0.25, 0.3) is 11.8 Å². The zero-order valence-electron chi connectivity index (χ0n) is 19.3. The Morgan fingerprint density at radius 3 is 2.53 bits per heavy atom. The normalized spacial score (nSPS) is 16.6. The molecule has 0 atom stereocenters. The minimum absolute atomic E-state index is 0.0272. The molecule has 2 aliphatic heterocycles. The molecule has 0 saturated heterocycles. The molecular weight excluding hydrogens is 446 g/mol. The molecule has 0 bridgehead atoms. The van der Waals surface area contributed by atoms with Crippen molar-refractivity contribution < 1.29 is 9.53 Å². The SMILES string of the molecule is COc1ccc(-n2c(C)cc(/C=C3/C(=N)N4N=C(c5cccc(C)c5)SC4=NC3=O)c2C)cc1. The van der Waals surface area contributed by atoms with E-state index >= 15 is 0 Å². The highest BCUT2D eigenvalue weighted by Crippen LogP contribution is 2.32. The van der Waals surface area contributed by atoms with Crippen molar-refractivity contribution in [1.82, 2.24) is 9.58 Å². The molecule has 2 aliphatic rings. The number of nitrogens with one attached hydrogen (secondary N) is 1. The molecule has 0 aliphatic carbocycles. The van der Waals surface area contributed by atoms with Crippen molar-refractivity contribution in [3.05, 3.63) is 88.2 Å². The summed E-state index contributed by atoms with van der Waals surface area (Å²) in [6.45, 7) is 6.03. The molecular formula is C26H23N5O2S. The van der Waals surface area contributed by atoms with Gasteiger partial charge in [-0.3, -0.25) is 10.2 Å². The Morgan fingerprint density at radius 2 is 1.82 bits per heavy atom. The maximum Gasteiger partial charge on any atom is 0.283 e. The number of amidine groups is 2. The second-order valence-electron chi connectivity index (χ2n) is 8.15. The predicted molar refractivity (Wildman–Crippen MR) is 137 cm³/mol. The first-order valence-corrected chi connectivity index (χ1v) is 11.6. The van der Waals surface area contributed by atoms with Crippen LogP contribution >= 0.6 is 11.8 Å². The van der Waals surface area contributed by atoms with Crippen LogP contribution in [0.5, 0.6) is 5.75 Å². The Kier molecular flexibility index (Phi) is 5.45. The molecule has 170 valence electrons. The molecule has 2 aromatic carbocycles. The van der Waals surface area contributed by atoms with E-state index in [1.165, 1.54) is 16.8 Å². The molecule has 0 spiro atoms. The van der Waals surface area contributed by atoms with E-state index in [2.05, 4.69) is 14.7 Å². The van der Waals surface area contributed by atoms with Gasteiger partial charge in [0, 0.05) is 22.6 Å². The number of hydrogen-bond donors (Lipinski definition) is 1. The number of methoxy groups -OCH3 is 1. The minimum atomic E-state index is -0.432. The van der Waals surface area contributed by atoms with E-state index < -0.39 is 5.91 Å². The van der Waals surface area contributed by atoms with Gasteiger partial charge >= 0.3 is 0 Å². The van der Waals surface area contributed by atoms with Crippen LogP contribution in [-0.2, 0) is 4.79 Å². The van der Waals surface area contributed by atoms with Gasteiger partial charge in [-0.1, -0.05) is 23.8 Å². The van der Waals surface area contributed by atoms with Crippen molar-refractivity contribution in [2.24, 2.45) is 10.1 Å². The Balaban J connectivity index is 1.49. The summed E-state index contributed by atoms with van der Waals surface area (Å²) in [6.07, 6.45) is 1.73. The Bertz CT molecular complexity index is 1430. The van der Waals surface area contributed by atoms with Crippen LogP contribution in [0.1, 0.15) is 28.1 Å². The zero-order chi connectivity index (χ0) is 24.0. The molecule has 0 fully saturated rings. The Hall–Kier alpha value is -3.91. The van der Waals surface area contributed by atoms with Crippen LogP contribution < -0.4 is 4.74 Å². The maximum atomic E-state index is 12.9. The third kappa shape index (κ3) is 3.76. The number of carbonyl (C=O) groups excluding carboxylic acids is 1. The zero-order valence-corrected chi connectivity index (χ0v) is 20.1. The smallest absolute Gasteiger partial charge is 0.283 e. The molecule has 34 heavy (non-hydrogen) atoms. The quantitative estimate of drug-likeness (QED) is 0.540. The van der Waals surface area contributed by atoms with Crippen molar-refractivity contribution in [1.29, 1.82) is 5.41 Å². The van der Waals surface area contributed by atoms with Crippen LogP contribution in [0, 0.1) is 26.2 Å². The number of rotatable bonds is 4. The van der Waals surface area contributed by atoms with Crippen molar-refractivity contribution in [2.75, 3.05) is 7.11 Å². The van der Waals surface area contributed by atoms with Crippen molar-refractivity contribution in [2.45, 2.75) is 20.8 Å². The first kappa shape index (κ1) is 21.9. The lowest BCUT2D eigenvalue weighted by atomic mass is 10.1. The van der Waals surface area contributed by atoms with E-state index in [-0.39, 0.29) is 11.4 Å². The molecule has 1 aromatic heterocycles. The first-order valence-electron chi connectivity index (χ1n) is 10.8. The minimum Gasteiger partial charge on any atom is -0.497 e. The van der Waals surface area contributed by atoms with Crippen molar-refractivity contribution in [3.63, 3.8) is 0 Å². The van der Waals surface area contributed by atoms with Crippen LogP contribution in [0.4, 0.5) is 0 Å².